The van der Waals surface area contributed by atoms with Crippen molar-refractivity contribution in [3.05, 3.63) is 35.5 Å². The topological polar surface area (TPSA) is 132 Å². The van der Waals surface area contributed by atoms with Gasteiger partial charge in [0.05, 0.1) is 11.6 Å². The minimum absolute atomic E-state index is 0.0318. The average molecular weight is 465 g/mol. The zero-order valence-electron chi connectivity index (χ0n) is 20.8. The molecule has 1 unspecified atom stereocenters. The Morgan fingerprint density at radius 2 is 1.91 bits per heavy atom. The third-order valence-electron chi connectivity index (χ3n) is 7.32. The molecule has 0 amide bonds. The Bertz CT molecular complexity index is 1060. The number of Topliss-reactive ketones (excluding diaryl/α,β-unsaturated/α-hetero) is 1. The lowest BCUT2D eigenvalue weighted by molar-refractivity contribution is -0.115. The van der Waals surface area contributed by atoms with Gasteiger partial charge in [-0.1, -0.05) is 32.4 Å². The molecule has 3 atom stereocenters. The zero-order valence-corrected chi connectivity index (χ0v) is 20.8. The molecule has 1 saturated heterocycles. The van der Waals surface area contributed by atoms with Crippen LogP contribution in [0.2, 0.25) is 0 Å². The van der Waals surface area contributed by atoms with E-state index in [4.69, 9.17) is 22.0 Å². The van der Waals surface area contributed by atoms with Crippen molar-refractivity contribution in [2.75, 3.05) is 6.54 Å². The molecule has 0 bridgehead atoms. The largest absolute Gasteiger partial charge is 0.384 e. The Hall–Kier alpha value is -2.80. The zero-order chi connectivity index (χ0) is 24.8. The summed E-state index contributed by atoms with van der Waals surface area (Å²) in [6.45, 7) is 7.78. The van der Waals surface area contributed by atoms with Gasteiger partial charge in [0.25, 0.3) is 0 Å². The number of amidine groups is 1. The molecule has 34 heavy (non-hydrogen) atoms. The molecule has 6 N–H and O–H groups in total. The highest BCUT2D eigenvalue weighted by atomic mass is 16.1. The van der Waals surface area contributed by atoms with Crippen LogP contribution in [0.3, 0.4) is 0 Å². The van der Waals surface area contributed by atoms with Gasteiger partial charge in [0.1, 0.15) is 5.84 Å². The number of rotatable bonds is 12. The monoisotopic (exact) mass is 464 g/mol. The van der Waals surface area contributed by atoms with E-state index in [1.807, 2.05) is 32.0 Å². The molecule has 1 aliphatic heterocycles. The highest BCUT2D eigenvalue weighted by Crippen LogP contribution is 2.25. The van der Waals surface area contributed by atoms with E-state index in [1.54, 1.807) is 0 Å². The maximum absolute atomic E-state index is 13.3. The van der Waals surface area contributed by atoms with Crippen LogP contribution in [0.4, 0.5) is 0 Å². The number of nitrogens with zero attached hydrogens (tertiary/aromatic N) is 1. The van der Waals surface area contributed by atoms with Gasteiger partial charge in [0.15, 0.2) is 5.78 Å². The smallest absolute Gasteiger partial charge is 0.185 e. The molecule has 1 aliphatic rings. The Balaban J connectivity index is 1.73. The summed E-state index contributed by atoms with van der Waals surface area (Å²) in [6.07, 6.45) is 5.90. The van der Waals surface area contributed by atoms with Gasteiger partial charge in [0, 0.05) is 41.0 Å². The summed E-state index contributed by atoms with van der Waals surface area (Å²) in [7, 11) is 0. The molecule has 2 aromatic rings. The second-order valence-corrected chi connectivity index (χ2v) is 9.41. The number of piperidine rings is 1. The van der Waals surface area contributed by atoms with Crippen molar-refractivity contribution in [3.63, 3.8) is 0 Å². The summed E-state index contributed by atoms with van der Waals surface area (Å²) in [5, 5.41) is 29.6. The standard InChI is InChI=1S/C27H40N6O/c1-4-17(24(28)26(34)21(5-2)25(29)22-9-7-8-14-32-22)12-13-20-15-18-10-11-19(27(30)31)16-23(18)33(20)6-3/h10-11,15-17,21-22,28-29,32H,4-9,12-14H2,1-3H3,(H3,30,31)/t17-,21+,22?/m0/s1. The lowest BCUT2D eigenvalue weighted by Crippen LogP contribution is -2.46. The number of nitrogens with two attached hydrogens (primary N) is 1. The Kier molecular flexibility index (Phi) is 8.78. The van der Waals surface area contributed by atoms with E-state index in [0.717, 1.165) is 62.5 Å². The summed E-state index contributed by atoms with van der Waals surface area (Å²) in [5.41, 5.74) is 9.26. The van der Waals surface area contributed by atoms with Crippen LogP contribution < -0.4 is 11.1 Å². The number of benzene rings is 1. The molecule has 1 aromatic carbocycles. The molecule has 3 rings (SSSR count). The predicted molar refractivity (Wildman–Crippen MR) is 141 cm³/mol. The van der Waals surface area contributed by atoms with Crippen molar-refractivity contribution in [2.45, 2.75) is 78.3 Å². The van der Waals surface area contributed by atoms with Crippen molar-refractivity contribution in [3.8, 4) is 0 Å². The molecule has 7 heteroatoms. The molecule has 184 valence electrons. The number of ketones is 1. The summed E-state index contributed by atoms with van der Waals surface area (Å²) in [6, 6.07) is 7.97. The van der Waals surface area contributed by atoms with E-state index in [-0.39, 0.29) is 29.3 Å². The van der Waals surface area contributed by atoms with Crippen molar-refractivity contribution in [1.29, 1.82) is 16.2 Å². The van der Waals surface area contributed by atoms with Crippen molar-refractivity contribution in [2.24, 2.45) is 17.6 Å². The van der Waals surface area contributed by atoms with Gasteiger partial charge in [-0.25, -0.2) is 0 Å². The highest BCUT2D eigenvalue weighted by Gasteiger charge is 2.32. The fourth-order valence-corrected chi connectivity index (χ4v) is 5.23. The summed E-state index contributed by atoms with van der Waals surface area (Å²) < 4.78 is 2.24. The van der Waals surface area contributed by atoms with Crippen LogP contribution in [-0.2, 0) is 17.8 Å². The molecule has 1 aromatic heterocycles. The fraction of sp³-hybridized carbons (Fsp3) is 0.556. The fourth-order valence-electron chi connectivity index (χ4n) is 5.23. The van der Waals surface area contributed by atoms with Gasteiger partial charge in [-0.3, -0.25) is 10.2 Å². The average Bonchev–Trinajstić information content (AvgIpc) is 3.21. The van der Waals surface area contributed by atoms with Crippen molar-refractivity contribution in [1.82, 2.24) is 9.88 Å². The Morgan fingerprint density at radius 3 is 2.50 bits per heavy atom. The van der Waals surface area contributed by atoms with Crippen LogP contribution >= 0.6 is 0 Å². The van der Waals surface area contributed by atoms with E-state index in [9.17, 15) is 4.79 Å². The van der Waals surface area contributed by atoms with Crippen LogP contribution in [0.25, 0.3) is 10.9 Å². The van der Waals surface area contributed by atoms with Crippen molar-refractivity contribution < 1.29 is 4.79 Å². The number of nitrogens with one attached hydrogen (secondary N) is 4. The first kappa shape index (κ1) is 25.8. The number of hydrogen-bond donors (Lipinski definition) is 5. The van der Waals surface area contributed by atoms with Crippen LogP contribution in [0, 0.1) is 28.1 Å². The number of fused-ring (bicyclic) bond motifs is 1. The highest BCUT2D eigenvalue weighted by molar-refractivity contribution is 6.43. The molecule has 7 nitrogen and oxygen atoms in total. The van der Waals surface area contributed by atoms with Gasteiger partial charge in [-0.2, -0.15) is 0 Å². The lowest BCUT2D eigenvalue weighted by Gasteiger charge is -2.29. The number of nitrogen functional groups attached to an aromatic ring is 1. The summed E-state index contributed by atoms with van der Waals surface area (Å²) in [4.78, 5) is 13.3. The first-order chi connectivity index (χ1) is 16.3. The van der Waals surface area contributed by atoms with Crippen molar-refractivity contribution >= 4 is 33.9 Å². The summed E-state index contributed by atoms with van der Waals surface area (Å²) in [5.74, 6) is -0.729. The molecular formula is C27H40N6O. The number of aryl methyl sites for hydroxylation is 2. The number of hydrogen-bond acceptors (Lipinski definition) is 5. The van der Waals surface area contributed by atoms with E-state index >= 15 is 0 Å². The van der Waals surface area contributed by atoms with E-state index in [2.05, 4.69) is 22.9 Å². The second-order valence-electron chi connectivity index (χ2n) is 9.41. The van der Waals surface area contributed by atoms with Gasteiger partial charge in [-0.15, -0.1) is 0 Å². The maximum Gasteiger partial charge on any atom is 0.185 e. The number of carbonyl (C=O) groups is 1. The van der Waals surface area contributed by atoms with Gasteiger partial charge < -0.3 is 26.4 Å². The quantitative estimate of drug-likeness (QED) is 0.231. The Labute approximate surface area is 203 Å². The van der Waals surface area contributed by atoms with E-state index in [0.29, 0.717) is 17.7 Å². The van der Waals surface area contributed by atoms with Gasteiger partial charge >= 0.3 is 0 Å². The third kappa shape index (κ3) is 5.46. The molecule has 2 heterocycles. The molecule has 0 radical (unpaired) electrons. The van der Waals surface area contributed by atoms with Crippen LogP contribution in [-0.4, -0.2) is 40.2 Å². The molecular weight excluding hydrogens is 424 g/mol. The second kappa shape index (κ2) is 11.6. The molecule has 0 spiro atoms. The van der Waals surface area contributed by atoms with E-state index in [1.165, 1.54) is 5.69 Å². The normalized spacial score (nSPS) is 17.9. The minimum Gasteiger partial charge on any atom is -0.384 e. The molecule has 0 saturated carbocycles. The first-order valence-corrected chi connectivity index (χ1v) is 12.7. The molecule has 1 fully saturated rings. The third-order valence-corrected chi connectivity index (χ3v) is 7.32. The Morgan fingerprint density at radius 1 is 1.15 bits per heavy atom. The number of carbonyl (C=O) groups excluding carboxylic acids is 1. The SMILES string of the molecule is CC[C@@H](CCc1cc2ccc(C(=N)N)cc2n1CC)C(=N)C(=O)[C@H](CC)C(=N)C1CCCCN1. The minimum atomic E-state index is -0.496. The lowest BCUT2D eigenvalue weighted by atomic mass is 9.81. The van der Waals surface area contributed by atoms with Gasteiger partial charge in [-0.05, 0) is 69.5 Å². The van der Waals surface area contributed by atoms with E-state index < -0.39 is 5.92 Å². The number of aromatic nitrogens is 1. The van der Waals surface area contributed by atoms with Crippen LogP contribution in [0.5, 0.6) is 0 Å². The predicted octanol–water partition coefficient (Wildman–Crippen LogP) is 4.68. The first-order valence-electron chi connectivity index (χ1n) is 12.7. The van der Waals surface area contributed by atoms with Gasteiger partial charge in [0.2, 0.25) is 0 Å². The summed E-state index contributed by atoms with van der Waals surface area (Å²) >= 11 is 0. The molecule has 0 aliphatic carbocycles. The van der Waals surface area contributed by atoms with Crippen LogP contribution in [0.1, 0.15) is 70.6 Å². The maximum atomic E-state index is 13.3. The van der Waals surface area contributed by atoms with Crippen LogP contribution in [0.15, 0.2) is 24.3 Å².